The summed E-state index contributed by atoms with van der Waals surface area (Å²) in [6, 6.07) is 14.6. The molecule has 0 bridgehead atoms. The Morgan fingerprint density at radius 1 is 1.10 bits per heavy atom. The van der Waals surface area contributed by atoms with Crippen LogP contribution in [0.3, 0.4) is 0 Å². The summed E-state index contributed by atoms with van der Waals surface area (Å²) in [5.41, 5.74) is 4.19. The quantitative estimate of drug-likeness (QED) is 0.545. The number of rotatable bonds is 8. The van der Waals surface area contributed by atoms with Crippen LogP contribution in [-0.2, 0) is 27.4 Å². The summed E-state index contributed by atoms with van der Waals surface area (Å²) >= 11 is 0. The highest BCUT2D eigenvalue weighted by atomic mass is 16.5. The molecule has 1 heterocycles. The van der Waals surface area contributed by atoms with E-state index in [2.05, 4.69) is 10.5 Å². The van der Waals surface area contributed by atoms with Gasteiger partial charge in [-0.05, 0) is 63.1 Å². The number of anilines is 1. The minimum absolute atomic E-state index is 0.0617. The Bertz CT molecular complexity index is 1040. The summed E-state index contributed by atoms with van der Waals surface area (Å²) in [4.78, 5) is 24.5. The minimum atomic E-state index is -0.898. The maximum absolute atomic E-state index is 12.3. The van der Waals surface area contributed by atoms with Crippen molar-refractivity contribution in [3.8, 4) is 5.75 Å². The van der Waals surface area contributed by atoms with Crippen molar-refractivity contribution in [2.45, 2.75) is 46.8 Å². The molecule has 1 atom stereocenters. The zero-order valence-electron chi connectivity index (χ0n) is 18.1. The summed E-state index contributed by atoms with van der Waals surface area (Å²) in [6.45, 7) is 7.55. The predicted octanol–water partition coefficient (Wildman–Crippen LogP) is 4.29. The molecule has 1 amide bonds. The lowest BCUT2D eigenvalue weighted by atomic mass is 10.1. The van der Waals surface area contributed by atoms with E-state index in [1.807, 2.05) is 39.0 Å². The second-order valence-corrected chi connectivity index (χ2v) is 7.40. The second kappa shape index (κ2) is 9.93. The lowest BCUT2D eigenvalue weighted by molar-refractivity contribution is -0.152. The Kier molecular flexibility index (Phi) is 7.07. The molecule has 2 aromatic carbocycles. The highest BCUT2D eigenvalue weighted by Gasteiger charge is 2.18. The fraction of sp³-hybridized carbons (Fsp3) is 0.292. The molecule has 0 fully saturated rings. The van der Waals surface area contributed by atoms with E-state index >= 15 is 0 Å². The first-order valence-corrected chi connectivity index (χ1v) is 10.0. The Balaban J connectivity index is 1.48. The lowest BCUT2D eigenvalue weighted by Crippen LogP contribution is -2.30. The van der Waals surface area contributed by atoms with Crippen LogP contribution >= 0.6 is 0 Å². The fourth-order valence-corrected chi connectivity index (χ4v) is 2.99. The van der Waals surface area contributed by atoms with E-state index in [0.29, 0.717) is 18.0 Å². The standard InChI is InChI=1S/C24H26N2O5/c1-15-6-5-7-20(12-15)25-24(28)18(4)30-23(27)13-19-8-10-21(11-9-19)29-14-22-16(2)26-31-17(22)3/h5-12,18H,13-14H2,1-4H3,(H,25,28)/t18-/m1/s1. The molecule has 31 heavy (non-hydrogen) atoms. The summed E-state index contributed by atoms with van der Waals surface area (Å²) in [5, 5.41) is 6.65. The third-order valence-corrected chi connectivity index (χ3v) is 4.80. The van der Waals surface area contributed by atoms with Gasteiger partial charge in [-0.15, -0.1) is 0 Å². The number of benzene rings is 2. The third kappa shape index (κ3) is 6.18. The normalized spacial score (nSPS) is 11.6. The molecule has 0 saturated carbocycles. The van der Waals surface area contributed by atoms with Gasteiger partial charge in [0, 0.05) is 5.69 Å². The first-order chi connectivity index (χ1) is 14.8. The molecule has 3 rings (SSSR count). The van der Waals surface area contributed by atoms with Crippen molar-refractivity contribution >= 4 is 17.6 Å². The molecule has 0 radical (unpaired) electrons. The highest BCUT2D eigenvalue weighted by Crippen LogP contribution is 2.18. The molecule has 0 unspecified atom stereocenters. The zero-order chi connectivity index (χ0) is 22.4. The molecule has 0 spiro atoms. The van der Waals surface area contributed by atoms with E-state index in [4.69, 9.17) is 14.0 Å². The van der Waals surface area contributed by atoms with Crippen molar-refractivity contribution in [2.75, 3.05) is 5.32 Å². The van der Waals surface area contributed by atoms with Crippen LogP contribution in [0.1, 0.15) is 35.1 Å². The van der Waals surface area contributed by atoms with E-state index in [-0.39, 0.29) is 12.3 Å². The van der Waals surface area contributed by atoms with E-state index in [9.17, 15) is 9.59 Å². The number of nitrogens with one attached hydrogen (secondary N) is 1. The number of amides is 1. The van der Waals surface area contributed by atoms with Gasteiger partial charge in [0.2, 0.25) is 0 Å². The fourth-order valence-electron chi connectivity index (χ4n) is 2.99. The molecule has 0 saturated heterocycles. The predicted molar refractivity (Wildman–Crippen MR) is 116 cm³/mol. The van der Waals surface area contributed by atoms with Crippen molar-refractivity contribution in [1.29, 1.82) is 0 Å². The molecule has 0 aliphatic heterocycles. The SMILES string of the molecule is Cc1cccc(NC(=O)[C@@H](C)OC(=O)Cc2ccc(OCc3c(C)noc3C)cc2)c1. The number of hydrogen-bond acceptors (Lipinski definition) is 6. The van der Waals surface area contributed by atoms with Gasteiger partial charge in [-0.25, -0.2) is 0 Å². The lowest BCUT2D eigenvalue weighted by Gasteiger charge is -2.14. The van der Waals surface area contributed by atoms with Gasteiger partial charge in [0.1, 0.15) is 18.1 Å². The molecular formula is C24H26N2O5. The molecule has 1 N–H and O–H groups in total. The topological polar surface area (TPSA) is 90.7 Å². The number of aromatic nitrogens is 1. The Labute approximate surface area is 181 Å². The van der Waals surface area contributed by atoms with E-state index in [1.165, 1.54) is 0 Å². The smallest absolute Gasteiger partial charge is 0.311 e. The van der Waals surface area contributed by atoms with Gasteiger partial charge in [-0.1, -0.05) is 29.4 Å². The molecule has 7 heteroatoms. The van der Waals surface area contributed by atoms with Crippen molar-refractivity contribution < 1.29 is 23.6 Å². The minimum Gasteiger partial charge on any atom is -0.489 e. The van der Waals surface area contributed by atoms with Crippen LogP contribution in [0.5, 0.6) is 5.75 Å². The maximum atomic E-state index is 12.3. The van der Waals surface area contributed by atoms with Gasteiger partial charge in [-0.3, -0.25) is 9.59 Å². The van der Waals surface area contributed by atoms with Gasteiger partial charge in [-0.2, -0.15) is 0 Å². The summed E-state index contributed by atoms with van der Waals surface area (Å²) < 4.78 is 16.2. The zero-order valence-corrected chi connectivity index (χ0v) is 18.1. The average molecular weight is 422 g/mol. The maximum Gasteiger partial charge on any atom is 0.311 e. The van der Waals surface area contributed by atoms with Crippen LogP contribution in [0.2, 0.25) is 0 Å². The van der Waals surface area contributed by atoms with Gasteiger partial charge in [0.15, 0.2) is 6.10 Å². The Morgan fingerprint density at radius 3 is 2.48 bits per heavy atom. The van der Waals surface area contributed by atoms with Gasteiger partial charge >= 0.3 is 5.97 Å². The second-order valence-electron chi connectivity index (χ2n) is 7.40. The monoisotopic (exact) mass is 422 g/mol. The highest BCUT2D eigenvalue weighted by molar-refractivity contribution is 5.95. The van der Waals surface area contributed by atoms with Crippen LogP contribution in [0, 0.1) is 20.8 Å². The largest absolute Gasteiger partial charge is 0.489 e. The first-order valence-electron chi connectivity index (χ1n) is 10.0. The van der Waals surface area contributed by atoms with Crippen LogP contribution in [0.15, 0.2) is 53.1 Å². The summed E-state index contributed by atoms with van der Waals surface area (Å²) in [6.07, 6.45) is -0.836. The number of ether oxygens (including phenoxy) is 2. The van der Waals surface area contributed by atoms with Gasteiger partial charge < -0.3 is 19.3 Å². The molecule has 1 aromatic heterocycles. The van der Waals surface area contributed by atoms with Gasteiger partial charge in [0.05, 0.1) is 17.7 Å². The van der Waals surface area contributed by atoms with Crippen LogP contribution in [-0.4, -0.2) is 23.1 Å². The average Bonchev–Trinajstić information content (AvgIpc) is 3.05. The third-order valence-electron chi connectivity index (χ3n) is 4.80. The Hall–Kier alpha value is -3.61. The molecule has 3 aromatic rings. The molecule has 0 aliphatic rings. The number of aryl methyl sites for hydroxylation is 3. The van der Waals surface area contributed by atoms with E-state index in [1.54, 1.807) is 37.3 Å². The molecular weight excluding hydrogens is 396 g/mol. The van der Waals surface area contributed by atoms with Crippen LogP contribution in [0.25, 0.3) is 0 Å². The van der Waals surface area contributed by atoms with Crippen LogP contribution < -0.4 is 10.1 Å². The van der Waals surface area contributed by atoms with Crippen molar-refractivity contribution in [3.63, 3.8) is 0 Å². The van der Waals surface area contributed by atoms with Crippen molar-refractivity contribution in [3.05, 3.63) is 76.7 Å². The number of carbonyl (C=O) groups excluding carboxylic acids is 2. The molecule has 7 nitrogen and oxygen atoms in total. The van der Waals surface area contributed by atoms with Crippen molar-refractivity contribution in [2.24, 2.45) is 0 Å². The summed E-state index contributed by atoms with van der Waals surface area (Å²) in [5.74, 6) is 0.554. The number of nitrogens with zero attached hydrogens (tertiary/aromatic N) is 1. The van der Waals surface area contributed by atoms with E-state index in [0.717, 1.165) is 28.1 Å². The van der Waals surface area contributed by atoms with Crippen LogP contribution in [0.4, 0.5) is 5.69 Å². The first kappa shape index (κ1) is 22.1. The number of esters is 1. The van der Waals surface area contributed by atoms with E-state index < -0.39 is 12.1 Å². The number of hydrogen-bond donors (Lipinski definition) is 1. The van der Waals surface area contributed by atoms with Crippen molar-refractivity contribution in [1.82, 2.24) is 5.16 Å². The molecule has 0 aliphatic carbocycles. The molecule has 162 valence electrons. The Morgan fingerprint density at radius 2 is 1.84 bits per heavy atom. The van der Waals surface area contributed by atoms with Gasteiger partial charge in [0.25, 0.3) is 5.91 Å². The number of carbonyl (C=O) groups is 2. The summed E-state index contributed by atoms with van der Waals surface area (Å²) in [7, 11) is 0.